The van der Waals surface area contributed by atoms with Crippen LogP contribution in [0, 0.1) is 10.8 Å². The molecule has 2 N–H and O–H groups in total. The zero-order chi connectivity index (χ0) is 30.0. The highest BCUT2D eigenvalue weighted by molar-refractivity contribution is 6.33. The van der Waals surface area contributed by atoms with E-state index in [9.17, 15) is 19.2 Å². The maximum atomic E-state index is 13.6. The molecule has 10 heteroatoms. The van der Waals surface area contributed by atoms with Crippen molar-refractivity contribution in [2.24, 2.45) is 10.8 Å². The average molecular weight is 551 g/mol. The minimum atomic E-state index is -0.892. The first-order chi connectivity index (χ1) is 18.5. The van der Waals surface area contributed by atoms with Gasteiger partial charge in [-0.15, -0.1) is 5.06 Å². The molecule has 0 saturated heterocycles. The van der Waals surface area contributed by atoms with Gasteiger partial charge in [0.2, 0.25) is 0 Å². The largest absolute Gasteiger partial charge is 0.430 e. The van der Waals surface area contributed by atoms with E-state index < -0.39 is 34.7 Å². The van der Waals surface area contributed by atoms with Crippen LogP contribution in [0.5, 0.6) is 0 Å². The van der Waals surface area contributed by atoms with Gasteiger partial charge in [-0.25, -0.2) is 9.59 Å². The second-order valence-corrected chi connectivity index (χ2v) is 11.8. The third-order valence-corrected chi connectivity index (χ3v) is 6.00. The lowest BCUT2D eigenvalue weighted by Gasteiger charge is -2.22. The Labute approximate surface area is 235 Å². The number of hydrogen-bond donors (Lipinski definition) is 2. The fraction of sp³-hybridized carbons (Fsp3) is 0.400. The van der Waals surface area contributed by atoms with E-state index in [1.54, 1.807) is 72.7 Å². The first-order valence-electron chi connectivity index (χ1n) is 13.0. The zero-order valence-corrected chi connectivity index (χ0v) is 24.6. The van der Waals surface area contributed by atoms with Gasteiger partial charge in [-0.1, -0.05) is 6.92 Å². The topological polar surface area (TPSA) is 117 Å². The highest BCUT2D eigenvalue weighted by Crippen LogP contribution is 2.42. The molecule has 1 heterocycles. The smallest absolute Gasteiger partial charge is 0.338 e. The van der Waals surface area contributed by atoms with Crippen LogP contribution in [-0.4, -0.2) is 38.0 Å². The number of nitrogens with zero attached hydrogens (tertiary/aromatic N) is 2. The molecular formula is C30H38N4O6. The third kappa shape index (κ3) is 6.80. The molecule has 214 valence electrons. The Morgan fingerprint density at radius 3 is 1.93 bits per heavy atom. The summed E-state index contributed by atoms with van der Waals surface area (Å²) in [5.41, 5.74) is 1.03. The number of anilines is 4. The van der Waals surface area contributed by atoms with Crippen molar-refractivity contribution in [2.75, 3.05) is 34.7 Å². The fourth-order valence-electron chi connectivity index (χ4n) is 3.60. The van der Waals surface area contributed by atoms with Crippen LogP contribution in [0.1, 0.15) is 60.5 Å². The summed E-state index contributed by atoms with van der Waals surface area (Å²) in [5.74, 6) is -1.60. The predicted molar refractivity (Wildman–Crippen MR) is 156 cm³/mol. The highest BCUT2D eigenvalue weighted by atomic mass is 16.7. The van der Waals surface area contributed by atoms with Gasteiger partial charge in [-0.05, 0) is 84.0 Å². The van der Waals surface area contributed by atoms with Crippen LogP contribution < -0.4 is 20.6 Å². The number of urea groups is 1. The lowest BCUT2D eigenvalue weighted by atomic mass is 9.97. The number of carbonyl (C=O) groups is 4. The summed E-state index contributed by atoms with van der Waals surface area (Å²) in [6.07, 6.45) is 0.248. The lowest BCUT2D eigenvalue weighted by molar-refractivity contribution is -0.157. The van der Waals surface area contributed by atoms with Gasteiger partial charge in [0.25, 0.3) is 5.91 Å². The standard InChI is InChI=1S/C30H38N4O6/c1-10-23(39-26(36)29(2,3)4)24-21-16-13-19(17-22(21)34(25(24)35)40-27(37)30(5,6)7)32-28(38)31-18-11-14-20(15-12-18)33(8)9/h11-17H,10H2,1-9H3,(H2,31,32,38). The number of hydroxylamine groups is 1. The van der Waals surface area contributed by atoms with Crippen LogP contribution in [-0.2, 0) is 24.0 Å². The molecule has 0 spiro atoms. The van der Waals surface area contributed by atoms with Crippen molar-refractivity contribution in [3.8, 4) is 0 Å². The quantitative estimate of drug-likeness (QED) is 0.259. The normalized spacial score (nSPS) is 14.3. The number of carbonyl (C=O) groups excluding carboxylic acids is 4. The minimum Gasteiger partial charge on any atom is -0.430 e. The molecule has 0 aliphatic carbocycles. The number of esters is 1. The Kier molecular flexibility index (Phi) is 8.62. The van der Waals surface area contributed by atoms with Crippen LogP contribution in [0.15, 0.2) is 48.2 Å². The molecule has 0 unspecified atom stereocenters. The monoisotopic (exact) mass is 550 g/mol. The van der Waals surface area contributed by atoms with Gasteiger partial charge in [0, 0.05) is 43.1 Å². The van der Waals surface area contributed by atoms with E-state index in [1.165, 1.54) is 6.07 Å². The maximum absolute atomic E-state index is 13.6. The van der Waals surface area contributed by atoms with E-state index in [1.807, 2.05) is 31.1 Å². The second kappa shape index (κ2) is 11.4. The molecule has 1 aliphatic heterocycles. The van der Waals surface area contributed by atoms with Crippen molar-refractivity contribution >= 4 is 52.2 Å². The van der Waals surface area contributed by atoms with E-state index >= 15 is 0 Å². The molecular weight excluding hydrogens is 512 g/mol. The first kappa shape index (κ1) is 30.2. The van der Waals surface area contributed by atoms with E-state index in [-0.39, 0.29) is 23.4 Å². The van der Waals surface area contributed by atoms with Crippen LogP contribution >= 0.6 is 0 Å². The minimum absolute atomic E-state index is 0.119. The molecule has 0 radical (unpaired) electrons. The summed E-state index contributed by atoms with van der Waals surface area (Å²) in [5, 5.41) is 6.40. The number of nitrogens with one attached hydrogen (secondary N) is 2. The van der Waals surface area contributed by atoms with Gasteiger partial charge in [0.15, 0.2) is 0 Å². The highest BCUT2D eigenvalue weighted by Gasteiger charge is 2.41. The maximum Gasteiger partial charge on any atom is 0.338 e. The second-order valence-electron chi connectivity index (χ2n) is 11.8. The third-order valence-electron chi connectivity index (χ3n) is 6.00. The van der Waals surface area contributed by atoms with Crippen molar-refractivity contribution in [3.63, 3.8) is 0 Å². The van der Waals surface area contributed by atoms with Gasteiger partial charge in [-0.3, -0.25) is 9.59 Å². The molecule has 0 fully saturated rings. The average Bonchev–Trinajstić information content (AvgIpc) is 3.12. The van der Waals surface area contributed by atoms with Gasteiger partial charge < -0.3 is 25.1 Å². The van der Waals surface area contributed by atoms with E-state index in [2.05, 4.69) is 10.6 Å². The Morgan fingerprint density at radius 1 is 0.850 bits per heavy atom. The predicted octanol–water partition coefficient (Wildman–Crippen LogP) is 5.96. The SMILES string of the molecule is CCC(OC(=O)C(C)(C)C)=C1C(=O)N(OC(=O)C(C)(C)C)c2cc(NC(=O)Nc3ccc(N(C)C)cc3)ccc21. The molecule has 3 rings (SSSR count). The van der Waals surface area contributed by atoms with Crippen molar-refractivity contribution in [1.29, 1.82) is 0 Å². The molecule has 0 saturated carbocycles. The van der Waals surface area contributed by atoms with Crippen molar-refractivity contribution in [3.05, 3.63) is 53.8 Å². The van der Waals surface area contributed by atoms with E-state index in [0.29, 0.717) is 16.9 Å². The molecule has 0 aromatic heterocycles. The van der Waals surface area contributed by atoms with E-state index in [4.69, 9.17) is 9.57 Å². The number of rotatable bonds is 6. The molecule has 2 aromatic rings. The van der Waals surface area contributed by atoms with Crippen LogP contribution in [0.2, 0.25) is 0 Å². The van der Waals surface area contributed by atoms with Crippen LogP contribution in [0.25, 0.3) is 5.57 Å². The molecule has 0 bridgehead atoms. The molecule has 40 heavy (non-hydrogen) atoms. The molecule has 3 amide bonds. The van der Waals surface area contributed by atoms with Gasteiger partial charge in [-0.2, -0.15) is 0 Å². The molecule has 1 aliphatic rings. The molecule has 10 nitrogen and oxygen atoms in total. The number of allylic oxidation sites excluding steroid dienone is 1. The van der Waals surface area contributed by atoms with E-state index in [0.717, 1.165) is 10.8 Å². The fourth-order valence-corrected chi connectivity index (χ4v) is 3.60. The Morgan fingerprint density at radius 2 is 1.40 bits per heavy atom. The summed E-state index contributed by atoms with van der Waals surface area (Å²) in [6, 6.07) is 11.6. The van der Waals surface area contributed by atoms with Crippen LogP contribution in [0.3, 0.4) is 0 Å². The lowest BCUT2D eigenvalue weighted by Crippen LogP contribution is -2.35. The number of fused-ring (bicyclic) bond motifs is 1. The van der Waals surface area contributed by atoms with Gasteiger partial charge in [0.1, 0.15) is 5.76 Å². The summed E-state index contributed by atoms with van der Waals surface area (Å²) in [4.78, 5) is 59.2. The number of amides is 3. The number of hydrogen-bond acceptors (Lipinski definition) is 7. The van der Waals surface area contributed by atoms with Crippen molar-refractivity contribution < 1.29 is 28.8 Å². The number of ether oxygens (including phenoxy) is 1. The Bertz CT molecular complexity index is 1350. The Balaban J connectivity index is 1.97. The zero-order valence-electron chi connectivity index (χ0n) is 24.6. The Hall–Kier alpha value is -4.34. The summed E-state index contributed by atoms with van der Waals surface area (Å²) in [6.45, 7) is 11.9. The summed E-state index contributed by atoms with van der Waals surface area (Å²) >= 11 is 0. The van der Waals surface area contributed by atoms with Gasteiger partial charge in [0.05, 0.1) is 22.1 Å². The van der Waals surface area contributed by atoms with Gasteiger partial charge >= 0.3 is 18.0 Å². The summed E-state index contributed by atoms with van der Waals surface area (Å²) < 4.78 is 5.65. The first-order valence-corrected chi connectivity index (χ1v) is 13.0. The summed E-state index contributed by atoms with van der Waals surface area (Å²) in [7, 11) is 3.85. The number of benzene rings is 2. The molecule has 0 atom stereocenters. The van der Waals surface area contributed by atoms with Crippen molar-refractivity contribution in [1.82, 2.24) is 0 Å². The molecule has 2 aromatic carbocycles. The van der Waals surface area contributed by atoms with Crippen molar-refractivity contribution in [2.45, 2.75) is 54.9 Å². The van der Waals surface area contributed by atoms with Crippen LogP contribution in [0.4, 0.5) is 27.5 Å².